The van der Waals surface area contributed by atoms with Crippen LogP contribution in [0.5, 0.6) is 11.5 Å². The maximum absolute atomic E-state index is 6.91. The van der Waals surface area contributed by atoms with E-state index < -0.39 is 0 Å². The molecule has 56 heavy (non-hydrogen) atoms. The molecule has 0 saturated heterocycles. The molecule has 0 amide bonds. The minimum absolute atomic E-state index is 0.0174. The fourth-order valence-electron chi connectivity index (χ4n) is 8.81. The molecule has 0 atom stereocenters. The van der Waals surface area contributed by atoms with Gasteiger partial charge in [0.05, 0.1) is 17.7 Å². The molecule has 5 aromatic carbocycles. The van der Waals surface area contributed by atoms with Gasteiger partial charge < -0.3 is 14.5 Å². The molecule has 7 aromatic rings. The van der Waals surface area contributed by atoms with Crippen LogP contribution in [0.2, 0.25) is 0 Å². The van der Waals surface area contributed by atoms with E-state index in [2.05, 4.69) is 190 Å². The average Bonchev–Trinajstić information content (AvgIpc) is 3.82. The Morgan fingerprint density at radius 1 is 0.679 bits per heavy atom. The smallest absolute Gasteiger partial charge is 0.137 e. The molecule has 2 aliphatic rings. The highest BCUT2D eigenvalue weighted by Crippen LogP contribution is 2.46. The van der Waals surface area contributed by atoms with Crippen LogP contribution in [0.15, 0.2) is 140 Å². The first-order valence-corrected chi connectivity index (χ1v) is 20.2. The second-order valence-corrected chi connectivity index (χ2v) is 17.7. The number of nitrogens with zero attached hydrogens (tertiary/aromatic N) is 4. The van der Waals surface area contributed by atoms with Gasteiger partial charge in [-0.15, -0.1) is 0 Å². The number of anilines is 2. The Morgan fingerprint density at radius 3 is 2.18 bits per heavy atom. The van der Waals surface area contributed by atoms with E-state index in [-0.39, 0.29) is 5.41 Å². The minimum Gasteiger partial charge on any atom is -0.457 e. The SMILES string of the molecule is Cc1cc(C2CCC(C)(C)CC2)ccc1-c1cc(Oc2cccc(N3C=CN(c4ccccc4)C3)c2)cc2c1c1ccccc1n2-c1cc(C(C)(C)C)ccn1. The molecule has 2 aromatic heterocycles. The molecule has 0 N–H and O–H groups in total. The summed E-state index contributed by atoms with van der Waals surface area (Å²) >= 11 is 0. The average molecular weight is 737 g/mol. The lowest BCUT2D eigenvalue weighted by Gasteiger charge is -2.34. The van der Waals surface area contributed by atoms with E-state index >= 15 is 0 Å². The summed E-state index contributed by atoms with van der Waals surface area (Å²) in [7, 11) is 0. The van der Waals surface area contributed by atoms with Crippen molar-refractivity contribution in [3.8, 4) is 28.4 Å². The monoisotopic (exact) mass is 736 g/mol. The van der Waals surface area contributed by atoms with Crippen molar-refractivity contribution in [2.75, 3.05) is 16.5 Å². The number of hydrogen-bond acceptors (Lipinski definition) is 4. The van der Waals surface area contributed by atoms with Crippen molar-refractivity contribution >= 4 is 33.2 Å². The van der Waals surface area contributed by atoms with Gasteiger partial charge in [0.25, 0.3) is 0 Å². The van der Waals surface area contributed by atoms with Gasteiger partial charge in [-0.25, -0.2) is 4.98 Å². The number of fused-ring (bicyclic) bond motifs is 3. The van der Waals surface area contributed by atoms with E-state index in [1.165, 1.54) is 70.0 Å². The van der Waals surface area contributed by atoms with Crippen molar-refractivity contribution in [3.63, 3.8) is 0 Å². The third kappa shape index (κ3) is 6.85. The van der Waals surface area contributed by atoms with Gasteiger partial charge in [-0.05, 0) is 126 Å². The lowest BCUT2D eigenvalue weighted by atomic mass is 9.71. The first-order chi connectivity index (χ1) is 27.0. The van der Waals surface area contributed by atoms with E-state index in [1.54, 1.807) is 0 Å². The van der Waals surface area contributed by atoms with Gasteiger partial charge in [0.15, 0.2) is 0 Å². The number of hydrogen-bond donors (Lipinski definition) is 0. The first kappa shape index (κ1) is 35.9. The van der Waals surface area contributed by atoms with Gasteiger partial charge in [-0.3, -0.25) is 4.57 Å². The fourth-order valence-corrected chi connectivity index (χ4v) is 8.81. The fraction of sp³-hybridized carbons (Fsp3) is 0.275. The van der Waals surface area contributed by atoms with Crippen LogP contribution < -0.4 is 14.5 Å². The van der Waals surface area contributed by atoms with Gasteiger partial charge in [0, 0.05) is 52.9 Å². The zero-order chi connectivity index (χ0) is 38.6. The van der Waals surface area contributed by atoms with E-state index in [0.717, 1.165) is 40.7 Å². The highest BCUT2D eigenvalue weighted by atomic mass is 16.5. The van der Waals surface area contributed by atoms with Crippen LogP contribution >= 0.6 is 0 Å². The molecule has 5 nitrogen and oxygen atoms in total. The molecule has 0 bridgehead atoms. The number of aromatic nitrogens is 2. The molecule has 1 saturated carbocycles. The van der Waals surface area contributed by atoms with Crippen LogP contribution in [0, 0.1) is 12.3 Å². The molecule has 5 heteroatoms. The van der Waals surface area contributed by atoms with Gasteiger partial charge in [0.1, 0.15) is 17.3 Å². The van der Waals surface area contributed by atoms with E-state index in [1.807, 2.05) is 6.20 Å². The number of ether oxygens (including phenoxy) is 1. The van der Waals surface area contributed by atoms with Crippen LogP contribution in [-0.4, -0.2) is 16.2 Å². The summed E-state index contributed by atoms with van der Waals surface area (Å²) in [6.07, 6.45) is 11.3. The molecule has 0 radical (unpaired) electrons. The molecule has 9 rings (SSSR count). The second-order valence-electron chi connectivity index (χ2n) is 17.7. The Hall–Kier alpha value is -5.81. The number of aryl methyl sites for hydroxylation is 1. The highest BCUT2D eigenvalue weighted by Gasteiger charge is 2.28. The lowest BCUT2D eigenvalue weighted by molar-refractivity contribution is 0.224. The molecule has 282 valence electrons. The minimum atomic E-state index is -0.0174. The summed E-state index contributed by atoms with van der Waals surface area (Å²) < 4.78 is 9.23. The molecule has 1 aliphatic heterocycles. The Balaban J connectivity index is 1.16. The number of benzene rings is 5. The van der Waals surface area contributed by atoms with E-state index in [9.17, 15) is 0 Å². The van der Waals surface area contributed by atoms with Crippen molar-refractivity contribution in [2.45, 2.75) is 78.6 Å². The van der Waals surface area contributed by atoms with Crippen LogP contribution in [-0.2, 0) is 5.41 Å². The van der Waals surface area contributed by atoms with E-state index in [0.29, 0.717) is 11.3 Å². The van der Waals surface area contributed by atoms with Crippen LogP contribution in [0.25, 0.3) is 38.8 Å². The van der Waals surface area contributed by atoms with Crippen LogP contribution in [0.1, 0.15) is 82.9 Å². The molecule has 3 heterocycles. The summed E-state index contributed by atoms with van der Waals surface area (Å²) in [6, 6.07) is 43.7. The van der Waals surface area contributed by atoms with Crippen molar-refractivity contribution in [3.05, 3.63) is 157 Å². The second kappa shape index (κ2) is 14.0. The maximum Gasteiger partial charge on any atom is 0.137 e. The zero-order valence-electron chi connectivity index (χ0n) is 33.6. The third-order valence-corrected chi connectivity index (χ3v) is 12.1. The molecule has 1 fully saturated rings. The molecule has 0 spiro atoms. The quantitative estimate of drug-likeness (QED) is 0.163. The summed E-state index contributed by atoms with van der Waals surface area (Å²) in [4.78, 5) is 9.49. The summed E-state index contributed by atoms with van der Waals surface area (Å²) in [5.74, 6) is 3.11. The highest BCUT2D eigenvalue weighted by molar-refractivity contribution is 6.16. The standard InChI is InChI=1S/C51H52N4O/c1-35-29-37(36-21-24-51(5,6)25-22-36)19-20-43(35)45-32-42(56-41-16-12-15-40(31-41)54-28-27-53(34-54)39-13-8-7-9-14-39)33-47-49(45)44-17-10-11-18-46(44)55(47)48-30-38(23-26-52-48)50(2,3)4/h7-20,23,26-33,36H,21-22,24-25,34H2,1-6H3. The Bertz CT molecular complexity index is 2580. The predicted octanol–water partition coefficient (Wildman–Crippen LogP) is 13.7. The van der Waals surface area contributed by atoms with Gasteiger partial charge in [0.2, 0.25) is 0 Å². The summed E-state index contributed by atoms with van der Waals surface area (Å²) in [5.41, 5.74) is 11.3. The molecule has 0 unspecified atom stereocenters. The molecule has 1 aliphatic carbocycles. The van der Waals surface area contributed by atoms with Crippen molar-refractivity contribution in [1.82, 2.24) is 9.55 Å². The lowest BCUT2D eigenvalue weighted by Crippen LogP contribution is -2.24. The van der Waals surface area contributed by atoms with E-state index in [4.69, 9.17) is 9.72 Å². The molecular weight excluding hydrogens is 685 g/mol. The number of para-hydroxylation sites is 2. The van der Waals surface area contributed by atoms with Crippen molar-refractivity contribution < 1.29 is 4.74 Å². The topological polar surface area (TPSA) is 33.5 Å². The van der Waals surface area contributed by atoms with Crippen molar-refractivity contribution in [1.29, 1.82) is 0 Å². The Kier molecular flexibility index (Phi) is 8.99. The van der Waals surface area contributed by atoms with Gasteiger partial charge >= 0.3 is 0 Å². The van der Waals surface area contributed by atoms with Gasteiger partial charge in [-0.2, -0.15) is 0 Å². The first-order valence-electron chi connectivity index (χ1n) is 20.2. The van der Waals surface area contributed by atoms with Crippen LogP contribution in [0.4, 0.5) is 11.4 Å². The third-order valence-electron chi connectivity index (χ3n) is 12.1. The molecular formula is C51H52N4O. The predicted molar refractivity (Wildman–Crippen MR) is 234 cm³/mol. The Labute approximate surface area is 331 Å². The zero-order valence-corrected chi connectivity index (χ0v) is 33.6. The number of rotatable bonds is 7. The maximum atomic E-state index is 6.91. The van der Waals surface area contributed by atoms with Gasteiger partial charge in [-0.1, -0.05) is 95.3 Å². The normalized spacial score (nSPS) is 16.0. The largest absolute Gasteiger partial charge is 0.457 e. The Morgan fingerprint density at radius 2 is 1.41 bits per heavy atom. The summed E-state index contributed by atoms with van der Waals surface area (Å²) in [5, 5.41) is 2.42. The number of pyridine rings is 1. The van der Waals surface area contributed by atoms with Crippen LogP contribution in [0.3, 0.4) is 0 Å². The van der Waals surface area contributed by atoms with Crippen molar-refractivity contribution in [2.24, 2.45) is 5.41 Å². The summed E-state index contributed by atoms with van der Waals surface area (Å²) in [6.45, 7) is 14.6.